The summed E-state index contributed by atoms with van der Waals surface area (Å²) in [5, 5.41) is 3.39. The van der Waals surface area contributed by atoms with Crippen LogP contribution in [0, 0.1) is 17.8 Å². The van der Waals surface area contributed by atoms with Crippen molar-refractivity contribution in [2.24, 2.45) is 17.8 Å². The van der Waals surface area contributed by atoms with Gasteiger partial charge in [0, 0.05) is 20.0 Å². The number of fused-ring (bicyclic) bond motifs is 1. The van der Waals surface area contributed by atoms with Crippen molar-refractivity contribution in [3.05, 3.63) is 0 Å². The first-order chi connectivity index (χ1) is 6.18. The highest BCUT2D eigenvalue weighted by atomic mass is 16.2. The van der Waals surface area contributed by atoms with E-state index in [2.05, 4.69) is 5.32 Å². The van der Waals surface area contributed by atoms with Crippen LogP contribution in [0.5, 0.6) is 0 Å². The topological polar surface area (TPSA) is 32.3 Å². The minimum Gasteiger partial charge on any atom is -0.349 e. The first-order valence-electron chi connectivity index (χ1n) is 5.10. The van der Waals surface area contributed by atoms with E-state index in [4.69, 9.17) is 0 Å². The molecular weight excluding hydrogens is 164 g/mol. The molecule has 3 heteroatoms. The molecule has 13 heavy (non-hydrogen) atoms. The highest BCUT2D eigenvalue weighted by Gasteiger charge is 2.40. The quantitative estimate of drug-likeness (QED) is 0.633. The van der Waals surface area contributed by atoms with Gasteiger partial charge >= 0.3 is 0 Å². The molecule has 2 fully saturated rings. The van der Waals surface area contributed by atoms with Crippen LogP contribution < -0.4 is 5.32 Å². The van der Waals surface area contributed by atoms with Gasteiger partial charge in [-0.05, 0) is 37.8 Å². The standard InChI is InChI=1S/C10H18N2O/c1-12(2)10(13)7-3-8-5-11-6-9(8)4-7/h7-9,11H,3-6H2,1-2H3/t7-,8+,9-. The van der Waals surface area contributed by atoms with Crippen LogP contribution in [-0.4, -0.2) is 38.0 Å². The Bertz CT molecular complexity index is 203. The Morgan fingerprint density at radius 2 is 1.77 bits per heavy atom. The number of carbonyl (C=O) groups excluding carboxylic acids is 1. The Kier molecular flexibility index (Phi) is 2.28. The minimum atomic E-state index is 0.312. The summed E-state index contributed by atoms with van der Waals surface area (Å²) in [7, 11) is 3.71. The van der Waals surface area contributed by atoms with Gasteiger partial charge in [0.25, 0.3) is 0 Å². The molecule has 0 bridgehead atoms. The molecule has 0 radical (unpaired) electrons. The first kappa shape index (κ1) is 9.00. The molecule has 3 nitrogen and oxygen atoms in total. The molecule has 0 unspecified atom stereocenters. The average Bonchev–Trinajstić information content (AvgIpc) is 2.59. The van der Waals surface area contributed by atoms with Crippen LogP contribution in [0.3, 0.4) is 0 Å². The van der Waals surface area contributed by atoms with Crippen LogP contribution in [0.4, 0.5) is 0 Å². The predicted molar refractivity (Wildman–Crippen MR) is 51.3 cm³/mol. The highest BCUT2D eigenvalue weighted by Crippen LogP contribution is 2.38. The number of rotatable bonds is 1. The zero-order valence-corrected chi connectivity index (χ0v) is 8.42. The van der Waals surface area contributed by atoms with E-state index in [1.54, 1.807) is 4.90 Å². The molecule has 74 valence electrons. The van der Waals surface area contributed by atoms with Crippen molar-refractivity contribution in [2.45, 2.75) is 12.8 Å². The molecule has 1 aliphatic carbocycles. The van der Waals surface area contributed by atoms with Gasteiger partial charge in [0.15, 0.2) is 0 Å². The molecule has 3 atom stereocenters. The Labute approximate surface area is 79.5 Å². The van der Waals surface area contributed by atoms with Crippen molar-refractivity contribution in [1.29, 1.82) is 0 Å². The van der Waals surface area contributed by atoms with Crippen LogP contribution in [0.25, 0.3) is 0 Å². The number of hydrogen-bond acceptors (Lipinski definition) is 2. The minimum absolute atomic E-state index is 0.312. The monoisotopic (exact) mass is 182 g/mol. The van der Waals surface area contributed by atoms with Gasteiger partial charge in [0.2, 0.25) is 5.91 Å². The molecule has 0 aromatic carbocycles. The lowest BCUT2D eigenvalue weighted by Crippen LogP contribution is -2.29. The number of nitrogens with zero attached hydrogens (tertiary/aromatic N) is 1. The van der Waals surface area contributed by atoms with Crippen molar-refractivity contribution in [1.82, 2.24) is 10.2 Å². The third kappa shape index (κ3) is 1.57. The molecule has 1 heterocycles. The normalized spacial score (nSPS) is 37.5. The van der Waals surface area contributed by atoms with Crippen LogP contribution >= 0.6 is 0 Å². The van der Waals surface area contributed by atoms with Gasteiger partial charge < -0.3 is 10.2 Å². The highest BCUT2D eigenvalue weighted by molar-refractivity contribution is 5.78. The summed E-state index contributed by atoms with van der Waals surface area (Å²) in [6.07, 6.45) is 2.21. The summed E-state index contributed by atoms with van der Waals surface area (Å²) in [5.41, 5.74) is 0. The molecule has 0 spiro atoms. The molecule has 0 aromatic heterocycles. The summed E-state index contributed by atoms with van der Waals surface area (Å²) in [5.74, 6) is 2.18. The van der Waals surface area contributed by atoms with Crippen LogP contribution in [-0.2, 0) is 4.79 Å². The maximum atomic E-state index is 11.7. The number of amides is 1. The summed E-state index contributed by atoms with van der Waals surface area (Å²) in [6, 6.07) is 0. The van der Waals surface area contributed by atoms with E-state index in [1.165, 1.54) is 0 Å². The SMILES string of the molecule is CN(C)C(=O)[C@@H]1C[C@H]2CNC[C@H]2C1. The van der Waals surface area contributed by atoms with E-state index in [-0.39, 0.29) is 0 Å². The van der Waals surface area contributed by atoms with Crippen molar-refractivity contribution >= 4 is 5.91 Å². The Hall–Kier alpha value is -0.570. The Balaban J connectivity index is 1.95. The van der Waals surface area contributed by atoms with E-state index in [0.29, 0.717) is 11.8 Å². The molecular formula is C10H18N2O. The second-order valence-electron chi connectivity index (χ2n) is 4.58. The molecule has 1 saturated heterocycles. The summed E-state index contributed by atoms with van der Waals surface area (Å²) < 4.78 is 0. The lowest BCUT2D eigenvalue weighted by atomic mass is 10.0. The lowest BCUT2D eigenvalue weighted by Gasteiger charge is -2.16. The molecule has 2 rings (SSSR count). The van der Waals surface area contributed by atoms with E-state index in [1.807, 2.05) is 14.1 Å². The van der Waals surface area contributed by atoms with Crippen molar-refractivity contribution in [2.75, 3.05) is 27.2 Å². The van der Waals surface area contributed by atoms with E-state index >= 15 is 0 Å². The number of nitrogens with one attached hydrogen (secondary N) is 1. The maximum Gasteiger partial charge on any atom is 0.225 e. The first-order valence-corrected chi connectivity index (χ1v) is 5.10. The molecule has 1 amide bonds. The van der Waals surface area contributed by atoms with E-state index in [0.717, 1.165) is 37.8 Å². The Morgan fingerprint density at radius 1 is 1.23 bits per heavy atom. The second kappa shape index (κ2) is 3.29. The fourth-order valence-electron chi connectivity index (χ4n) is 2.73. The van der Waals surface area contributed by atoms with E-state index < -0.39 is 0 Å². The summed E-state index contributed by atoms with van der Waals surface area (Å²) in [4.78, 5) is 13.4. The van der Waals surface area contributed by atoms with Gasteiger partial charge in [-0.2, -0.15) is 0 Å². The second-order valence-corrected chi connectivity index (χ2v) is 4.58. The third-order valence-electron chi connectivity index (χ3n) is 3.44. The van der Waals surface area contributed by atoms with Crippen molar-refractivity contribution < 1.29 is 4.79 Å². The number of hydrogen-bond donors (Lipinski definition) is 1. The van der Waals surface area contributed by atoms with Crippen LogP contribution in [0.1, 0.15) is 12.8 Å². The molecule has 1 saturated carbocycles. The largest absolute Gasteiger partial charge is 0.349 e. The number of carbonyl (C=O) groups is 1. The summed E-state index contributed by atoms with van der Waals surface area (Å²) in [6.45, 7) is 2.25. The Morgan fingerprint density at radius 3 is 2.23 bits per heavy atom. The molecule has 1 N–H and O–H groups in total. The average molecular weight is 182 g/mol. The molecule has 1 aliphatic heterocycles. The predicted octanol–water partition coefficient (Wildman–Crippen LogP) is 0.320. The zero-order chi connectivity index (χ0) is 9.42. The van der Waals surface area contributed by atoms with Crippen LogP contribution in [0.2, 0.25) is 0 Å². The van der Waals surface area contributed by atoms with Crippen molar-refractivity contribution in [3.8, 4) is 0 Å². The van der Waals surface area contributed by atoms with Crippen LogP contribution in [0.15, 0.2) is 0 Å². The van der Waals surface area contributed by atoms with Gasteiger partial charge in [-0.15, -0.1) is 0 Å². The van der Waals surface area contributed by atoms with E-state index in [9.17, 15) is 4.79 Å². The van der Waals surface area contributed by atoms with Gasteiger partial charge in [-0.1, -0.05) is 0 Å². The molecule has 2 aliphatic rings. The van der Waals surface area contributed by atoms with Crippen molar-refractivity contribution in [3.63, 3.8) is 0 Å². The fraction of sp³-hybridized carbons (Fsp3) is 0.900. The maximum absolute atomic E-state index is 11.7. The smallest absolute Gasteiger partial charge is 0.225 e. The zero-order valence-electron chi connectivity index (χ0n) is 8.42. The lowest BCUT2D eigenvalue weighted by molar-refractivity contribution is -0.132. The van der Waals surface area contributed by atoms with Gasteiger partial charge in [0.05, 0.1) is 0 Å². The van der Waals surface area contributed by atoms with Gasteiger partial charge in [0.1, 0.15) is 0 Å². The fourth-order valence-corrected chi connectivity index (χ4v) is 2.73. The molecule has 0 aromatic rings. The van der Waals surface area contributed by atoms with Gasteiger partial charge in [-0.3, -0.25) is 4.79 Å². The van der Waals surface area contributed by atoms with Gasteiger partial charge in [-0.25, -0.2) is 0 Å². The third-order valence-corrected chi connectivity index (χ3v) is 3.44. The summed E-state index contributed by atoms with van der Waals surface area (Å²) >= 11 is 0.